The highest BCUT2D eigenvalue weighted by Crippen LogP contribution is 2.25. The number of hydrogen-bond donors (Lipinski definition) is 1. The third-order valence-corrected chi connectivity index (χ3v) is 1.95. The predicted octanol–water partition coefficient (Wildman–Crippen LogP) is 2.83. The van der Waals surface area contributed by atoms with E-state index in [0.29, 0.717) is 5.52 Å². The van der Waals surface area contributed by atoms with Crippen LogP contribution >= 0.6 is 17.0 Å². The van der Waals surface area contributed by atoms with Crippen LogP contribution in [0.25, 0.3) is 10.9 Å². The molecule has 2 aromatic rings. The third kappa shape index (κ3) is 1.65. The minimum absolute atomic E-state index is 0. The van der Waals surface area contributed by atoms with Crippen LogP contribution in [0.2, 0.25) is 0 Å². The number of pyridine rings is 1. The number of aryl methyl sites for hydroxylation is 1. The predicted molar refractivity (Wildman–Crippen MR) is 58.5 cm³/mol. The van der Waals surface area contributed by atoms with Crippen LogP contribution < -0.4 is 0 Å². The van der Waals surface area contributed by atoms with Gasteiger partial charge in [-0.2, -0.15) is 0 Å². The van der Waals surface area contributed by atoms with E-state index in [-0.39, 0.29) is 22.7 Å². The second kappa shape index (κ2) is 3.75. The Labute approximate surface area is 87.0 Å². The minimum Gasteiger partial charge on any atom is -0.505 e. The minimum atomic E-state index is 0. The number of rotatable bonds is 0. The molecule has 0 fully saturated rings. The summed E-state index contributed by atoms with van der Waals surface area (Å²) in [5.41, 5.74) is 1.54. The van der Waals surface area contributed by atoms with E-state index in [0.717, 1.165) is 10.9 Å². The van der Waals surface area contributed by atoms with Gasteiger partial charge < -0.3 is 5.11 Å². The molecule has 0 unspecified atom stereocenters. The van der Waals surface area contributed by atoms with Crippen molar-refractivity contribution in [2.75, 3.05) is 0 Å². The molecule has 1 N–H and O–H groups in total. The average Bonchev–Trinajstić information content (AvgIpc) is 2.12. The smallest absolute Gasteiger partial charge is 0.144 e. The molecule has 0 aliphatic rings. The van der Waals surface area contributed by atoms with Gasteiger partial charge in [-0.15, -0.1) is 17.0 Å². The van der Waals surface area contributed by atoms with Gasteiger partial charge in [0, 0.05) is 11.6 Å². The Morgan fingerprint density at radius 1 is 1.23 bits per heavy atom. The molecule has 0 saturated carbocycles. The SMILES string of the molecule is Br.Cc1ccc2cccnc2c1O. The van der Waals surface area contributed by atoms with Crippen molar-refractivity contribution in [2.45, 2.75) is 6.92 Å². The van der Waals surface area contributed by atoms with Crippen molar-refractivity contribution in [3.8, 4) is 5.75 Å². The number of nitrogens with zero attached hydrogens (tertiary/aromatic N) is 1. The lowest BCUT2D eigenvalue weighted by atomic mass is 10.1. The first-order valence-corrected chi connectivity index (χ1v) is 3.82. The zero-order valence-electron chi connectivity index (χ0n) is 7.19. The maximum atomic E-state index is 9.60. The Bertz CT molecular complexity index is 428. The molecule has 0 saturated heterocycles. The van der Waals surface area contributed by atoms with Crippen LogP contribution in [0, 0.1) is 6.92 Å². The molecule has 1 aromatic carbocycles. The van der Waals surface area contributed by atoms with E-state index in [1.165, 1.54) is 0 Å². The molecule has 0 aliphatic heterocycles. The third-order valence-electron chi connectivity index (χ3n) is 1.95. The number of aromatic nitrogens is 1. The van der Waals surface area contributed by atoms with Gasteiger partial charge in [0.2, 0.25) is 0 Å². The molecule has 0 amide bonds. The van der Waals surface area contributed by atoms with E-state index in [9.17, 15) is 5.11 Å². The largest absolute Gasteiger partial charge is 0.505 e. The van der Waals surface area contributed by atoms with Crippen LogP contribution in [0.4, 0.5) is 0 Å². The van der Waals surface area contributed by atoms with Crippen molar-refractivity contribution in [3.63, 3.8) is 0 Å². The fraction of sp³-hybridized carbons (Fsp3) is 0.100. The Hall–Kier alpha value is -1.09. The molecule has 0 radical (unpaired) electrons. The van der Waals surface area contributed by atoms with Crippen LogP contribution in [0.3, 0.4) is 0 Å². The summed E-state index contributed by atoms with van der Waals surface area (Å²) in [6.45, 7) is 1.86. The highest BCUT2D eigenvalue weighted by atomic mass is 79.9. The van der Waals surface area contributed by atoms with Crippen molar-refractivity contribution >= 4 is 27.9 Å². The lowest BCUT2D eigenvalue weighted by Gasteiger charge is -2.01. The molecule has 0 aliphatic carbocycles. The summed E-state index contributed by atoms with van der Waals surface area (Å²) < 4.78 is 0. The topological polar surface area (TPSA) is 33.1 Å². The van der Waals surface area contributed by atoms with Gasteiger partial charge in [-0.25, -0.2) is 0 Å². The standard InChI is InChI=1S/C10H9NO.BrH/c1-7-4-5-8-3-2-6-11-9(8)10(7)12;/h2-6,12H,1H3;1H. The molecule has 2 nitrogen and oxygen atoms in total. The molecule has 0 atom stereocenters. The van der Waals surface area contributed by atoms with Crippen LogP contribution in [0.5, 0.6) is 5.75 Å². The highest BCUT2D eigenvalue weighted by molar-refractivity contribution is 8.93. The first-order chi connectivity index (χ1) is 5.79. The molecular weight excluding hydrogens is 230 g/mol. The van der Waals surface area contributed by atoms with Crippen LogP contribution in [0.1, 0.15) is 5.56 Å². The summed E-state index contributed by atoms with van der Waals surface area (Å²) in [4.78, 5) is 4.09. The van der Waals surface area contributed by atoms with E-state index in [2.05, 4.69) is 4.98 Å². The Morgan fingerprint density at radius 2 is 2.00 bits per heavy atom. The quantitative estimate of drug-likeness (QED) is 0.768. The molecule has 3 heteroatoms. The molecular formula is C10H10BrNO. The van der Waals surface area contributed by atoms with Gasteiger partial charge in [0.15, 0.2) is 0 Å². The Kier molecular flexibility index (Phi) is 2.88. The lowest BCUT2D eigenvalue weighted by molar-refractivity contribution is 0.476. The Balaban J connectivity index is 0.000000845. The van der Waals surface area contributed by atoms with Crippen molar-refractivity contribution in [3.05, 3.63) is 36.0 Å². The molecule has 0 bridgehead atoms. The number of aromatic hydroxyl groups is 1. The number of phenolic OH excluding ortho intramolecular Hbond substituents is 1. The normalized spacial score (nSPS) is 9.62. The Morgan fingerprint density at radius 3 is 2.77 bits per heavy atom. The first kappa shape index (κ1) is 9.99. The van der Waals surface area contributed by atoms with Gasteiger partial charge in [0.1, 0.15) is 11.3 Å². The fourth-order valence-corrected chi connectivity index (χ4v) is 1.23. The average molecular weight is 240 g/mol. The van der Waals surface area contributed by atoms with E-state index >= 15 is 0 Å². The second-order valence-corrected chi connectivity index (χ2v) is 2.81. The number of halogens is 1. The van der Waals surface area contributed by atoms with Crippen LogP contribution in [-0.2, 0) is 0 Å². The zero-order valence-corrected chi connectivity index (χ0v) is 8.90. The first-order valence-electron chi connectivity index (χ1n) is 3.82. The van der Waals surface area contributed by atoms with Crippen molar-refractivity contribution in [1.29, 1.82) is 0 Å². The molecule has 1 aromatic heterocycles. The van der Waals surface area contributed by atoms with Gasteiger partial charge in [0.25, 0.3) is 0 Å². The molecule has 68 valence electrons. The van der Waals surface area contributed by atoms with Gasteiger partial charge >= 0.3 is 0 Å². The number of phenols is 1. The van der Waals surface area contributed by atoms with E-state index in [1.54, 1.807) is 6.20 Å². The number of benzene rings is 1. The van der Waals surface area contributed by atoms with Crippen LogP contribution in [0.15, 0.2) is 30.5 Å². The maximum absolute atomic E-state index is 9.60. The summed E-state index contributed by atoms with van der Waals surface area (Å²) in [6, 6.07) is 7.63. The van der Waals surface area contributed by atoms with E-state index < -0.39 is 0 Å². The maximum Gasteiger partial charge on any atom is 0.144 e. The summed E-state index contributed by atoms with van der Waals surface area (Å²) in [7, 11) is 0. The van der Waals surface area contributed by atoms with Crippen molar-refractivity contribution in [1.82, 2.24) is 4.98 Å². The molecule has 0 spiro atoms. The zero-order chi connectivity index (χ0) is 8.55. The van der Waals surface area contributed by atoms with Gasteiger partial charge in [-0.1, -0.05) is 18.2 Å². The molecule has 2 rings (SSSR count). The summed E-state index contributed by atoms with van der Waals surface area (Å²) in [5, 5.41) is 10.6. The van der Waals surface area contributed by atoms with Gasteiger partial charge in [-0.3, -0.25) is 4.98 Å². The molecule has 13 heavy (non-hydrogen) atoms. The van der Waals surface area contributed by atoms with Gasteiger partial charge in [-0.05, 0) is 18.6 Å². The summed E-state index contributed by atoms with van der Waals surface area (Å²) in [6.07, 6.45) is 1.68. The summed E-state index contributed by atoms with van der Waals surface area (Å²) in [5.74, 6) is 0.285. The van der Waals surface area contributed by atoms with E-state index in [1.807, 2.05) is 31.2 Å². The highest BCUT2D eigenvalue weighted by Gasteiger charge is 2.01. The second-order valence-electron chi connectivity index (χ2n) is 2.81. The van der Waals surface area contributed by atoms with Crippen molar-refractivity contribution in [2.24, 2.45) is 0 Å². The number of hydrogen-bond acceptors (Lipinski definition) is 2. The van der Waals surface area contributed by atoms with E-state index in [4.69, 9.17) is 0 Å². The van der Waals surface area contributed by atoms with Gasteiger partial charge in [0.05, 0.1) is 0 Å². The van der Waals surface area contributed by atoms with Crippen LogP contribution in [-0.4, -0.2) is 10.1 Å². The monoisotopic (exact) mass is 239 g/mol. The lowest BCUT2D eigenvalue weighted by Crippen LogP contribution is -1.81. The number of fused-ring (bicyclic) bond motifs is 1. The fourth-order valence-electron chi connectivity index (χ4n) is 1.23. The summed E-state index contributed by atoms with van der Waals surface area (Å²) >= 11 is 0. The molecule has 1 heterocycles. The van der Waals surface area contributed by atoms with Crippen molar-refractivity contribution < 1.29 is 5.11 Å².